The van der Waals surface area contributed by atoms with Crippen molar-refractivity contribution in [2.24, 2.45) is 0 Å². The van der Waals surface area contributed by atoms with Gasteiger partial charge in [-0.15, -0.1) is 0 Å². The van der Waals surface area contributed by atoms with Gasteiger partial charge in [0.15, 0.2) is 0 Å². The van der Waals surface area contributed by atoms with E-state index >= 15 is 0 Å². The molecular weight excluding hydrogens is 267 g/mol. The molecule has 0 aliphatic heterocycles. The van der Waals surface area contributed by atoms with Crippen LogP contribution in [0.4, 0.5) is 21.5 Å². The molecule has 0 bridgehead atoms. The number of benzene rings is 2. The van der Waals surface area contributed by atoms with Crippen molar-refractivity contribution in [3.8, 4) is 5.75 Å². The molecule has 0 fully saturated rings. The van der Waals surface area contributed by atoms with Gasteiger partial charge in [-0.25, -0.2) is 4.39 Å². The van der Waals surface area contributed by atoms with Crippen molar-refractivity contribution < 1.29 is 9.13 Å². The Hall–Kier alpha value is -2.23. The molecule has 2 aromatic carbocycles. The van der Waals surface area contributed by atoms with Gasteiger partial charge >= 0.3 is 0 Å². The van der Waals surface area contributed by atoms with Crippen molar-refractivity contribution in [3.05, 3.63) is 48.3 Å². The first-order chi connectivity index (χ1) is 9.99. The Morgan fingerprint density at radius 1 is 1.10 bits per heavy atom. The molecule has 2 rings (SSSR count). The highest BCUT2D eigenvalue weighted by molar-refractivity contribution is 5.68. The van der Waals surface area contributed by atoms with E-state index in [2.05, 4.69) is 4.90 Å². The third-order valence-electron chi connectivity index (χ3n) is 3.05. The molecule has 0 atom stereocenters. The zero-order valence-electron chi connectivity index (χ0n) is 12.6. The summed E-state index contributed by atoms with van der Waals surface area (Å²) in [6, 6.07) is 12.1. The molecule has 0 amide bonds. The summed E-state index contributed by atoms with van der Waals surface area (Å²) >= 11 is 0. The lowest BCUT2D eigenvalue weighted by molar-refractivity contribution is 0.242. The average molecular weight is 288 g/mol. The lowest BCUT2D eigenvalue weighted by Gasteiger charge is -2.24. The molecule has 2 N–H and O–H groups in total. The summed E-state index contributed by atoms with van der Waals surface area (Å²) in [5, 5.41) is 0. The summed E-state index contributed by atoms with van der Waals surface area (Å²) in [7, 11) is 0. The first kappa shape index (κ1) is 15.2. The molecule has 0 heterocycles. The summed E-state index contributed by atoms with van der Waals surface area (Å²) in [6.45, 7) is 6.73. The summed E-state index contributed by atoms with van der Waals surface area (Å²) in [4.78, 5) is 2.06. The van der Waals surface area contributed by atoms with Crippen LogP contribution in [0.3, 0.4) is 0 Å². The lowest BCUT2D eigenvalue weighted by atomic mass is 10.2. The van der Waals surface area contributed by atoms with Crippen LogP contribution in [-0.4, -0.2) is 12.6 Å². The Bertz CT molecular complexity index is 596. The fourth-order valence-corrected chi connectivity index (χ4v) is 2.24. The van der Waals surface area contributed by atoms with Crippen molar-refractivity contribution >= 4 is 17.1 Å². The fraction of sp³-hybridized carbons (Fsp3) is 0.294. The van der Waals surface area contributed by atoms with Gasteiger partial charge in [-0.1, -0.05) is 0 Å². The van der Waals surface area contributed by atoms with Gasteiger partial charge in [0.1, 0.15) is 11.6 Å². The van der Waals surface area contributed by atoms with E-state index < -0.39 is 0 Å². The van der Waals surface area contributed by atoms with Crippen molar-refractivity contribution in [2.45, 2.75) is 26.9 Å². The zero-order valence-corrected chi connectivity index (χ0v) is 12.6. The number of ether oxygens (including phenoxy) is 1. The molecule has 0 saturated heterocycles. The minimum Gasteiger partial charge on any atom is -0.491 e. The molecule has 3 nitrogen and oxygen atoms in total. The van der Waals surface area contributed by atoms with Gasteiger partial charge in [0.25, 0.3) is 0 Å². The third kappa shape index (κ3) is 3.88. The summed E-state index contributed by atoms with van der Waals surface area (Å²) in [5.41, 5.74) is 8.45. The van der Waals surface area contributed by atoms with Crippen LogP contribution in [0.25, 0.3) is 0 Å². The van der Waals surface area contributed by atoms with Crippen LogP contribution in [0, 0.1) is 5.82 Å². The lowest BCUT2D eigenvalue weighted by Crippen LogP contribution is -2.16. The average Bonchev–Trinajstić information content (AvgIpc) is 2.40. The van der Waals surface area contributed by atoms with Gasteiger partial charge < -0.3 is 15.4 Å². The van der Waals surface area contributed by atoms with E-state index in [4.69, 9.17) is 10.5 Å². The Balaban J connectivity index is 2.37. The maximum atomic E-state index is 13.1. The molecule has 4 heteroatoms. The molecule has 21 heavy (non-hydrogen) atoms. The van der Waals surface area contributed by atoms with Gasteiger partial charge in [-0.3, -0.25) is 0 Å². The highest BCUT2D eigenvalue weighted by Gasteiger charge is 2.10. The predicted molar refractivity (Wildman–Crippen MR) is 85.7 cm³/mol. The van der Waals surface area contributed by atoms with Crippen molar-refractivity contribution in [3.63, 3.8) is 0 Å². The summed E-state index contributed by atoms with van der Waals surface area (Å²) < 4.78 is 18.8. The van der Waals surface area contributed by atoms with Crippen LogP contribution in [0.1, 0.15) is 20.8 Å². The number of nitrogens with two attached hydrogens (primary N) is 1. The van der Waals surface area contributed by atoms with Gasteiger partial charge in [0.05, 0.1) is 6.10 Å². The Morgan fingerprint density at radius 2 is 1.76 bits per heavy atom. The summed E-state index contributed by atoms with van der Waals surface area (Å²) in [5.74, 6) is 0.492. The maximum Gasteiger partial charge on any atom is 0.123 e. The minimum atomic E-state index is -0.244. The number of hydrogen-bond donors (Lipinski definition) is 1. The van der Waals surface area contributed by atoms with E-state index in [-0.39, 0.29) is 11.9 Å². The molecule has 0 aliphatic carbocycles. The monoisotopic (exact) mass is 288 g/mol. The molecule has 0 saturated carbocycles. The zero-order chi connectivity index (χ0) is 15.4. The fourth-order valence-electron chi connectivity index (χ4n) is 2.24. The largest absolute Gasteiger partial charge is 0.491 e. The number of halogens is 1. The number of rotatable bonds is 5. The van der Waals surface area contributed by atoms with Gasteiger partial charge in [-0.2, -0.15) is 0 Å². The topological polar surface area (TPSA) is 38.5 Å². The third-order valence-corrected chi connectivity index (χ3v) is 3.05. The second kappa shape index (κ2) is 6.48. The number of nitrogens with zero attached hydrogens (tertiary/aromatic N) is 1. The van der Waals surface area contributed by atoms with Crippen LogP contribution in [0.5, 0.6) is 5.75 Å². The van der Waals surface area contributed by atoms with Crippen LogP contribution < -0.4 is 15.4 Å². The van der Waals surface area contributed by atoms with Gasteiger partial charge in [0.2, 0.25) is 0 Å². The molecule has 0 unspecified atom stereocenters. The Morgan fingerprint density at radius 3 is 2.33 bits per heavy atom. The smallest absolute Gasteiger partial charge is 0.123 e. The Labute approximate surface area is 125 Å². The second-order valence-electron chi connectivity index (χ2n) is 5.15. The molecule has 0 spiro atoms. The van der Waals surface area contributed by atoms with Gasteiger partial charge in [-0.05, 0) is 51.1 Å². The second-order valence-corrected chi connectivity index (χ2v) is 5.15. The van der Waals surface area contributed by atoms with Crippen LogP contribution in [0.2, 0.25) is 0 Å². The van der Waals surface area contributed by atoms with E-state index in [1.54, 1.807) is 12.1 Å². The van der Waals surface area contributed by atoms with Crippen molar-refractivity contribution in [2.75, 3.05) is 17.2 Å². The maximum absolute atomic E-state index is 13.1. The normalized spacial score (nSPS) is 10.7. The summed E-state index contributed by atoms with van der Waals surface area (Å²) in [6.07, 6.45) is 0.0838. The predicted octanol–water partition coefficient (Wildman–Crippen LogP) is 4.35. The number of hydrogen-bond acceptors (Lipinski definition) is 3. The molecular formula is C17H21FN2O. The van der Waals surface area contributed by atoms with Gasteiger partial charge in [0, 0.05) is 35.7 Å². The molecule has 0 aliphatic rings. The molecule has 2 aromatic rings. The van der Waals surface area contributed by atoms with E-state index in [0.29, 0.717) is 5.69 Å². The molecule has 0 aromatic heterocycles. The van der Waals surface area contributed by atoms with E-state index in [1.807, 2.05) is 39.0 Å². The quantitative estimate of drug-likeness (QED) is 0.831. The van der Waals surface area contributed by atoms with E-state index in [0.717, 1.165) is 23.7 Å². The van der Waals surface area contributed by atoms with E-state index in [1.165, 1.54) is 12.1 Å². The number of anilines is 3. The Kier molecular flexibility index (Phi) is 4.68. The molecule has 112 valence electrons. The standard InChI is InChI=1S/C17H21FN2O/c1-4-20(15-7-5-13(18)6-8-15)16-9-14(19)10-17(11-16)21-12(2)3/h5-12H,4,19H2,1-3H3. The molecule has 0 radical (unpaired) electrons. The van der Waals surface area contributed by atoms with Crippen LogP contribution in [0.15, 0.2) is 42.5 Å². The minimum absolute atomic E-state index is 0.0838. The van der Waals surface area contributed by atoms with Crippen molar-refractivity contribution in [1.29, 1.82) is 0 Å². The van der Waals surface area contributed by atoms with Crippen molar-refractivity contribution in [1.82, 2.24) is 0 Å². The SMILES string of the molecule is CCN(c1ccc(F)cc1)c1cc(N)cc(OC(C)C)c1. The van der Waals surface area contributed by atoms with E-state index in [9.17, 15) is 4.39 Å². The van der Waals surface area contributed by atoms with Crippen LogP contribution in [-0.2, 0) is 0 Å². The number of nitrogen functional groups attached to an aromatic ring is 1. The highest BCUT2D eigenvalue weighted by atomic mass is 19.1. The van der Waals surface area contributed by atoms with Crippen LogP contribution >= 0.6 is 0 Å². The first-order valence-corrected chi connectivity index (χ1v) is 7.10. The highest BCUT2D eigenvalue weighted by Crippen LogP contribution is 2.31. The first-order valence-electron chi connectivity index (χ1n) is 7.10.